The first kappa shape index (κ1) is 9.75. The van der Waals surface area contributed by atoms with Crippen molar-refractivity contribution >= 4 is 11.3 Å². The number of thiophene rings is 1. The van der Waals surface area contributed by atoms with Crippen molar-refractivity contribution in [1.82, 2.24) is 0 Å². The van der Waals surface area contributed by atoms with Gasteiger partial charge < -0.3 is 5.11 Å². The van der Waals surface area contributed by atoms with E-state index in [1.807, 2.05) is 17.5 Å². The molecule has 1 heterocycles. The van der Waals surface area contributed by atoms with Gasteiger partial charge >= 0.3 is 0 Å². The fourth-order valence-corrected chi connectivity index (χ4v) is 2.20. The van der Waals surface area contributed by atoms with Crippen LogP contribution in [0.2, 0.25) is 0 Å². The number of aliphatic hydroxyl groups is 1. The molecule has 0 amide bonds. The van der Waals surface area contributed by atoms with E-state index in [1.54, 1.807) is 11.3 Å². The van der Waals surface area contributed by atoms with Crippen molar-refractivity contribution in [1.29, 1.82) is 0 Å². The van der Waals surface area contributed by atoms with Crippen LogP contribution in [0.4, 0.5) is 0 Å². The minimum Gasteiger partial charge on any atom is -0.387 e. The minimum atomic E-state index is -0.259. The molecular weight excluding hydrogens is 168 g/mol. The highest BCUT2D eigenvalue weighted by Gasteiger charge is 2.15. The van der Waals surface area contributed by atoms with Crippen molar-refractivity contribution in [2.45, 2.75) is 32.8 Å². The number of aliphatic hydroxyl groups excluding tert-OH is 1. The molecule has 0 radical (unpaired) electrons. The van der Waals surface area contributed by atoms with Crippen LogP contribution in [0, 0.1) is 5.92 Å². The van der Waals surface area contributed by atoms with Crippen LogP contribution in [-0.2, 0) is 0 Å². The Morgan fingerprint density at radius 3 is 2.83 bits per heavy atom. The molecule has 12 heavy (non-hydrogen) atoms. The Morgan fingerprint density at radius 1 is 1.58 bits per heavy atom. The van der Waals surface area contributed by atoms with Crippen molar-refractivity contribution in [3.05, 3.63) is 22.4 Å². The quantitative estimate of drug-likeness (QED) is 0.761. The Morgan fingerprint density at radius 2 is 2.33 bits per heavy atom. The molecule has 0 bridgehead atoms. The summed E-state index contributed by atoms with van der Waals surface area (Å²) in [7, 11) is 0. The average molecular weight is 184 g/mol. The van der Waals surface area contributed by atoms with Gasteiger partial charge in [-0.3, -0.25) is 0 Å². The van der Waals surface area contributed by atoms with E-state index in [4.69, 9.17) is 0 Å². The molecule has 2 heteroatoms. The first-order valence-electron chi connectivity index (χ1n) is 4.47. The zero-order valence-corrected chi connectivity index (χ0v) is 8.47. The molecule has 68 valence electrons. The maximum Gasteiger partial charge on any atom is 0.0907 e. The summed E-state index contributed by atoms with van der Waals surface area (Å²) in [5.41, 5.74) is 0. The van der Waals surface area contributed by atoms with Crippen LogP contribution in [0.15, 0.2) is 17.5 Å². The zero-order chi connectivity index (χ0) is 8.97. The molecule has 0 aliphatic heterocycles. The van der Waals surface area contributed by atoms with E-state index in [-0.39, 0.29) is 6.10 Å². The molecule has 0 aromatic carbocycles. The lowest BCUT2D eigenvalue weighted by Gasteiger charge is -2.16. The van der Waals surface area contributed by atoms with Crippen LogP contribution in [0.3, 0.4) is 0 Å². The maximum absolute atomic E-state index is 9.82. The third-order valence-electron chi connectivity index (χ3n) is 2.12. The van der Waals surface area contributed by atoms with Crippen molar-refractivity contribution in [2.75, 3.05) is 0 Å². The highest BCUT2D eigenvalue weighted by Crippen LogP contribution is 2.28. The van der Waals surface area contributed by atoms with E-state index >= 15 is 0 Å². The van der Waals surface area contributed by atoms with Gasteiger partial charge in [0.15, 0.2) is 0 Å². The van der Waals surface area contributed by atoms with E-state index in [1.165, 1.54) is 0 Å². The lowest BCUT2D eigenvalue weighted by molar-refractivity contribution is 0.116. The Kier molecular flexibility index (Phi) is 3.76. The zero-order valence-electron chi connectivity index (χ0n) is 7.66. The smallest absolute Gasteiger partial charge is 0.0907 e. The molecule has 1 rings (SSSR count). The molecule has 0 saturated carbocycles. The maximum atomic E-state index is 9.82. The normalized spacial score (nSPS) is 15.9. The summed E-state index contributed by atoms with van der Waals surface area (Å²) < 4.78 is 0. The second-order valence-corrected chi connectivity index (χ2v) is 4.21. The molecule has 1 N–H and O–H groups in total. The first-order valence-corrected chi connectivity index (χ1v) is 5.35. The Labute approximate surface area is 78.1 Å². The molecule has 0 aliphatic carbocycles. The van der Waals surface area contributed by atoms with Gasteiger partial charge in [0.25, 0.3) is 0 Å². The summed E-state index contributed by atoms with van der Waals surface area (Å²) in [5, 5.41) is 11.8. The second kappa shape index (κ2) is 4.63. The van der Waals surface area contributed by atoms with Crippen LogP contribution in [-0.4, -0.2) is 5.11 Å². The third kappa shape index (κ3) is 2.32. The number of rotatable bonds is 4. The van der Waals surface area contributed by atoms with Gasteiger partial charge in [-0.1, -0.05) is 26.3 Å². The minimum absolute atomic E-state index is 0.259. The van der Waals surface area contributed by atoms with E-state index in [2.05, 4.69) is 13.8 Å². The monoisotopic (exact) mass is 184 g/mol. The van der Waals surface area contributed by atoms with Crippen LogP contribution in [0.5, 0.6) is 0 Å². The SMILES string of the molecule is CCCC(C)C(O)c1cccs1. The van der Waals surface area contributed by atoms with E-state index in [9.17, 15) is 5.11 Å². The Balaban J connectivity index is 2.53. The Bertz CT molecular complexity index is 206. The lowest BCUT2D eigenvalue weighted by atomic mass is 9.98. The summed E-state index contributed by atoms with van der Waals surface area (Å²) in [6.07, 6.45) is 1.98. The molecule has 2 atom stereocenters. The van der Waals surface area contributed by atoms with Gasteiger partial charge in [-0.25, -0.2) is 0 Å². The van der Waals surface area contributed by atoms with Crippen molar-refractivity contribution in [3.63, 3.8) is 0 Å². The molecule has 1 aromatic heterocycles. The molecule has 1 nitrogen and oxygen atoms in total. The fourth-order valence-electron chi connectivity index (χ4n) is 1.35. The molecular formula is C10H16OS. The number of hydrogen-bond donors (Lipinski definition) is 1. The third-order valence-corrected chi connectivity index (χ3v) is 3.06. The lowest BCUT2D eigenvalue weighted by Crippen LogP contribution is -2.06. The van der Waals surface area contributed by atoms with Gasteiger partial charge in [0.05, 0.1) is 6.10 Å². The van der Waals surface area contributed by atoms with E-state index in [0.717, 1.165) is 17.7 Å². The summed E-state index contributed by atoms with van der Waals surface area (Å²) in [4.78, 5) is 1.09. The molecule has 0 aliphatic rings. The predicted molar refractivity (Wildman–Crippen MR) is 53.4 cm³/mol. The predicted octanol–water partition coefficient (Wildman–Crippen LogP) is 3.22. The summed E-state index contributed by atoms with van der Waals surface area (Å²) in [6, 6.07) is 3.99. The number of hydrogen-bond acceptors (Lipinski definition) is 2. The van der Waals surface area contributed by atoms with Gasteiger partial charge in [-0.05, 0) is 23.8 Å². The summed E-state index contributed by atoms with van der Waals surface area (Å²) in [5.74, 6) is 0.383. The highest BCUT2D eigenvalue weighted by molar-refractivity contribution is 7.10. The summed E-state index contributed by atoms with van der Waals surface area (Å²) in [6.45, 7) is 4.26. The van der Waals surface area contributed by atoms with Crippen LogP contribution >= 0.6 is 11.3 Å². The standard InChI is InChI=1S/C10H16OS/c1-3-5-8(2)10(11)9-6-4-7-12-9/h4,6-8,10-11H,3,5H2,1-2H3. The molecule has 0 spiro atoms. The van der Waals surface area contributed by atoms with Gasteiger partial charge in [0, 0.05) is 4.88 Å². The first-order chi connectivity index (χ1) is 5.75. The van der Waals surface area contributed by atoms with Gasteiger partial charge in [-0.2, -0.15) is 0 Å². The summed E-state index contributed by atoms with van der Waals surface area (Å²) >= 11 is 1.64. The molecule has 1 aromatic rings. The van der Waals surface area contributed by atoms with Gasteiger partial charge in [0.1, 0.15) is 0 Å². The van der Waals surface area contributed by atoms with Crippen molar-refractivity contribution in [2.24, 2.45) is 5.92 Å². The van der Waals surface area contributed by atoms with Crippen molar-refractivity contribution in [3.8, 4) is 0 Å². The average Bonchev–Trinajstić information content (AvgIpc) is 2.55. The van der Waals surface area contributed by atoms with E-state index in [0.29, 0.717) is 5.92 Å². The van der Waals surface area contributed by atoms with Crippen LogP contribution in [0.1, 0.15) is 37.7 Å². The van der Waals surface area contributed by atoms with Crippen LogP contribution < -0.4 is 0 Å². The fraction of sp³-hybridized carbons (Fsp3) is 0.600. The topological polar surface area (TPSA) is 20.2 Å². The van der Waals surface area contributed by atoms with Gasteiger partial charge in [0.2, 0.25) is 0 Å². The Hall–Kier alpha value is -0.340. The van der Waals surface area contributed by atoms with Gasteiger partial charge in [-0.15, -0.1) is 11.3 Å². The molecule has 0 fully saturated rings. The van der Waals surface area contributed by atoms with Crippen molar-refractivity contribution < 1.29 is 5.11 Å². The molecule has 0 saturated heterocycles. The largest absolute Gasteiger partial charge is 0.387 e. The van der Waals surface area contributed by atoms with E-state index < -0.39 is 0 Å². The van der Waals surface area contributed by atoms with Crippen LogP contribution in [0.25, 0.3) is 0 Å². The molecule has 2 unspecified atom stereocenters. The highest BCUT2D eigenvalue weighted by atomic mass is 32.1. The second-order valence-electron chi connectivity index (χ2n) is 3.23.